The van der Waals surface area contributed by atoms with Gasteiger partial charge < -0.3 is 15.2 Å². The monoisotopic (exact) mass is 262 g/mol. The topological polar surface area (TPSA) is 64.1 Å². The van der Waals surface area contributed by atoms with Crippen LogP contribution in [0.1, 0.15) is 12.8 Å². The summed E-state index contributed by atoms with van der Waals surface area (Å²) in [5, 5.41) is 0. The zero-order valence-corrected chi connectivity index (χ0v) is 10.5. The van der Waals surface area contributed by atoms with Crippen LogP contribution < -0.4 is 5.73 Å². The second-order valence-electron chi connectivity index (χ2n) is 4.78. The van der Waals surface area contributed by atoms with E-state index in [0.717, 1.165) is 25.9 Å². The summed E-state index contributed by atoms with van der Waals surface area (Å²) in [6.07, 6.45) is 2.08. The van der Waals surface area contributed by atoms with Gasteiger partial charge >= 0.3 is 0 Å². The molecule has 0 saturated carbocycles. The fraction of sp³-hybridized carbons (Fsp3) is 0.385. The molecule has 1 fully saturated rings. The third-order valence-electron chi connectivity index (χ3n) is 3.49. The van der Waals surface area contributed by atoms with E-state index in [2.05, 4.69) is 4.98 Å². The van der Waals surface area contributed by atoms with Crippen molar-refractivity contribution >= 4 is 22.9 Å². The normalized spacial score (nSPS) is 15.3. The molecule has 0 radical (unpaired) electrons. The number of imidazole rings is 1. The highest BCUT2D eigenvalue weighted by molar-refractivity contribution is 5.83. The minimum absolute atomic E-state index is 0.00719. The van der Waals surface area contributed by atoms with E-state index in [1.165, 1.54) is 12.1 Å². The Bertz CT molecular complexity index is 631. The lowest BCUT2D eigenvalue weighted by molar-refractivity contribution is -0.130. The summed E-state index contributed by atoms with van der Waals surface area (Å²) in [6, 6.07) is 4.26. The fourth-order valence-electron chi connectivity index (χ4n) is 2.48. The summed E-state index contributed by atoms with van der Waals surface area (Å²) in [4.78, 5) is 18.1. The van der Waals surface area contributed by atoms with Crippen LogP contribution in [0.25, 0.3) is 11.0 Å². The third-order valence-corrected chi connectivity index (χ3v) is 3.49. The Morgan fingerprint density at radius 3 is 2.84 bits per heavy atom. The van der Waals surface area contributed by atoms with Crippen molar-refractivity contribution in [2.24, 2.45) is 0 Å². The molecule has 5 nitrogen and oxygen atoms in total. The molecule has 19 heavy (non-hydrogen) atoms. The lowest BCUT2D eigenvalue weighted by atomic mass is 10.3. The molecule has 0 aliphatic carbocycles. The van der Waals surface area contributed by atoms with Gasteiger partial charge in [0.1, 0.15) is 12.4 Å². The molecule has 0 bridgehead atoms. The van der Waals surface area contributed by atoms with Gasteiger partial charge in [-0.15, -0.1) is 0 Å². The van der Waals surface area contributed by atoms with Crippen LogP contribution in [0, 0.1) is 5.82 Å². The Kier molecular flexibility index (Phi) is 2.85. The second kappa shape index (κ2) is 4.53. The zero-order chi connectivity index (χ0) is 13.4. The first-order chi connectivity index (χ1) is 9.15. The summed E-state index contributed by atoms with van der Waals surface area (Å²) >= 11 is 0. The maximum atomic E-state index is 13.3. The van der Waals surface area contributed by atoms with Crippen LogP contribution in [0.5, 0.6) is 0 Å². The van der Waals surface area contributed by atoms with Crippen LogP contribution in [0.3, 0.4) is 0 Å². The van der Waals surface area contributed by atoms with Crippen molar-refractivity contribution in [2.75, 3.05) is 18.8 Å². The van der Waals surface area contributed by atoms with Crippen molar-refractivity contribution in [1.29, 1.82) is 0 Å². The van der Waals surface area contributed by atoms with E-state index < -0.39 is 0 Å². The number of likely N-dealkylation sites (tertiary alicyclic amines) is 1. The number of hydrogen-bond acceptors (Lipinski definition) is 3. The Labute approximate surface area is 109 Å². The maximum absolute atomic E-state index is 13.3. The lowest BCUT2D eigenvalue weighted by Crippen LogP contribution is -2.31. The van der Waals surface area contributed by atoms with Crippen molar-refractivity contribution in [2.45, 2.75) is 19.4 Å². The standard InChI is InChI=1S/C13H15FN4O/c14-9-3-4-10-11(7-9)18(13(15)16-10)8-12(19)17-5-1-2-6-17/h3-4,7H,1-2,5-6,8H2,(H2,15,16). The molecule has 0 unspecified atom stereocenters. The third kappa shape index (κ3) is 2.14. The van der Waals surface area contributed by atoms with Gasteiger partial charge in [0.2, 0.25) is 11.9 Å². The van der Waals surface area contributed by atoms with E-state index in [-0.39, 0.29) is 24.2 Å². The minimum Gasteiger partial charge on any atom is -0.369 e. The first kappa shape index (κ1) is 12.0. The van der Waals surface area contributed by atoms with E-state index in [1.807, 2.05) is 4.90 Å². The van der Waals surface area contributed by atoms with Crippen molar-refractivity contribution < 1.29 is 9.18 Å². The van der Waals surface area contributed by atoms with Gasteiger partial charge in [-0.1, -0.05) is 0 Å². The highest BCUT2D eigenvalue weighted by Gasteiger charge is 2.20. The van der Waals surface area contributed by atoms with Crippen LogP contribution in [-0.4, -0.2) is 33.4 Å². The predicted octanol–water partition coefficient (Wildman–Crippen LogP) is 1.38. The van der Waals surface area contributed by atoms with Gasteiger partial charge in [0.15, 0.2) is 0 Å². The lowest BCUT2D eigenvalue weighted by Gasteiger charge is -2.16. The van der Waals surface area contributed by atoms with Gasteiger partial charge in [0, 0.05) is 13.1 Å². The average Bonchev–Trinajstić information content (AvgIpc) is 2.99. The van der Waals surface area contributed by atoms with E-state index in [1.54, 1.807) is 10.6 Å². The molecule has 2 heterocycles. The molecule has 0 spiro atoms. The van der Waals surface area contributed by atoms with Gasteiger partial charge in [-0.05, 0) is 31.0 Å². The first-order valence-corrected chi connectivity index (χ1v) is 6.34. The van der Waals surface area contributed by atoms with Gasteiger partial charge in [-0.3, -0.25) is 4.79 Å². The Hall–Kier alpha value is -2.11. The van der Waals surface area contributed by atoms with Gasteiger partial charge in [-0.25, -0.2) is 9.37 Å². The van der Waals surface area contributed by atoms with Crippen LogP contribution in [0.4, 0.5) is 10.3 Å². The van der Waals surface area contributed by atoms with Crippen molar-refractivity contribution in [3.63, 3.8) is 0 Å². The average molecular weight is 262 g/mol. The molecule has 1 amide bonds. The number of carbonyl (C=O) groups is 1. The Morgan fingerprint density at radius 1 is 1.37 bits per heavy atom. The highest BCUT2D eigenvalue weighted by atomic mass is 19.1. The molecule has 1 aliphatic rings. The Morgan fingerprint density at radius 2 is 2.11 bits per heavy atom. The van der Waals surface area contributed by atoms with Crippen LogP contribution in [0.2, 0.25) is 0 Å². The number of hydrogen-bond donors (Lipinski definition) is 1. The molecule has 0 atom stereocenters. The summed E-state index contributed by atoms with van der Waals surface area (Å²) in [5.41, 5.74) is 6.97. The number of amides is 1. The smallest absolute Gasteiger partial charge is 0.242 e. The Balaban J connectivity index is 1.93. The van der Waals surface area contributed by atoms with E-state index in [4.69, 9.17) is 5.73 Å². The number of benzene rings is 1. The van der Waals surface area contributed by atoms with Crippen molar-refractivity contribution in [1.82, 2.24) is 14.5 Å². The molecule has 100 valence electrons. The molecular formula is C13H15FN4O. The number of anilines is 1. The zero-order valence-electron chi connectivity index (χ0n) is 10.5. The van der Waals surface area contributed by atoms with Crippen molar-refractivity contribution in [3.8, 4) is 0 Å². The number of nitrogens with zero attached hydrogens (tertiary/aromatic N) is 3. The van der Waals surface area contributed by atoms with Crippen molar-refractivity contribution in [3.05, 3.63) is 24.0 Å². The number of rotatable bonds is 2. The summed E-state index contributed by atoms with van der Waals surface area (Å²) in [7, 11) is 0. The molecule has 2 N–H and O–H groups in total. The first-order valence-electron chi connectivity index (χ1n) is 6.34. The second-order valence-corrected chi connectivity index (χ2v) is 4.78. The number of aromatic nitrogens is 2. The van der Waals surface area contributed by atoms with E-state index >= 15 is 0 Å². The van der Waals surface area contributed by atoms with Gasteiger partial charge in [-0.2, -0.15) is 0 Å². The van der Waals surface area contributed by atoms with E-state index in [0.29, 0.717) is 11.0 Å². The largest absolute Gasteiger partial charge is 0.369 e. The van der Waals surface area contributed by atoms with E-state index in [9.17, 15) is 9.18 Å². The predicted molar refractivity (Wildman–Crippen MR) is 69.9 cm³/mol. The summed E-state index contributed by atoms with van der Waals surface area (Å²) in [6.45, 7) is 1.70. The molecule has 1 saturated heterocycles. The summed E-state index contributed by atoms with van der Waals surface area (Å²) < 4.78 is 14.9. The molecule has 1 aromatic carbocycles. The van der Waals surface area contributed by atoms with Crippen LogP contribution >= 0.6 is 0 Å². The summed E-state index contributed by atoms with van der Waals surface area (Å²) in [5.74, 6) is -0.108. The highest BCUT2D eigenvalue weighted by Crippen LogP contribution is 2.19. The molecule has 3 rings (SSSR count). The number of halogens is 1. The SMILES string of the molecule is Nc1nc2ccc(F)cc2n1CC(=O)N1CCCC1. The van der Waals surface area contributed by atoms with Crippen LogP contribution in [-0.2, 0) is 11.3 Å². The minimum atomic E-state index is -0.359. The molecule has 2 aromatic rings. The molecular weight excluding hydrogens is 247 g/mol. The van der Waals surface area contributed by atoms with Crippen LogP contribution in [0.15, 0.2) is 18.2 Å². The van der Waals surface area contributed by atoms with Gasteiger partial charge in [0.25, 0.3) is 0 Å². The number of carbonyl (C=O) groups excluding carboxylic acids is 1. The quantitative estimate of drug-likeness (QED) is 0.889. The number of nitrogens with two attached hydrogens (primary N) is 1. The maximum Gasteiger partial charge on any atom is 0.242 e. The number of fused-ring (bicyclic) bond motifs is 1. The molecule has 1 aromatic heterocycles. The fourth-order valence-corrected chi connectivity index (χ4v) is 2.48. The number of nitrogen functional groups attached to an aromatic ring is 1. The molecule has 1 aliphatic heterocycles. The van der Waals surface area contributed by atoms with Gasteiger partial charge in [0.05, 0.1) is 11.0 Å². The molecule has 6 heteroatoms.